The summed E-state index contributed by atoms with van der Waals surface area (Å²) in [5, 5.41) is 3.41. The van der Waals surface area contributed by atoms with Gasteiger partial charge in [-0.1, -0.05) is 0 Å². The van der Waals surface area contributed by atoms with E-state index in [-0.39, 0.29) is 10.6 Å². The molecule has 0 spiro atoms. The van der Waals surface area contributed by atoms with Crippen molar-refractivity contribution in [3.63, 3.8) is 0 Å². The first-order valence-corrected chi connectivity index (χ1v) is 7.70. The Morgan fingerprint density at radius 1 is 1.61 bits per heavy atom. The molecule has 0 amide bonds. The Balaban J connectivity index is 2.03. The van der Waals surface area contributed by atoms with Crippen molar-refractivity contribution in [2.75, 3.05) is 13.1 Å². The maximum atomic E-state index is 12.0. The molecule has 6 nitrogen and oxygen atoms in total. The normalized spacial score (nSPS) is 24.6. The molecule has 1 aromatic heterocycles. The van der Waals surface area contributed by atoms with Gasteiger partial charge in [0.05, 0.1) is 6.33 Å². The minimum atomic E-state index is -3.50. The van der Waals surface area contributed by atoms with Gasteiger partial charge in [0.15, 0.2) is 5.03 Å². The predicted octanol–water partition coefficient (Wildman–Crippen LogP) is 0.323. The molecule has 0 saturated carbocycles. The van der Waals surface area contributed by atoms with Crippen LogP contribution < -0.4 is 10.0 Å². The number of aryl methyl sites for hydroxylation is 1. The Labute approximate surface area is 108 Å². The van der Waals surface area contributed by atoms with Gasteiger partial charge >= 0.3 is 0 Å². The van der Waals surface area contributed by atoms with E-state index in [0.717, 1.165) is 19.4 Å². The number of imidazole rings is 1. The van der Waals surface area contributed by atoms with Crippen LogP contribution in [0.5, 0.6) is 0 Å². The number of aromatic nitrogens is 2. The molecule has 18 heavy (non-hydrogen) atoms. The molecule has 1 unspecified atom stereocenters. The smallest absolute Gasteiger partial charge is 0.259 e. The van der Waals surface area contributed by atoms with Gasteiger partial charge in [0.1, 0.15) is 0 Å². The summed E-state index contributed by atoms with van der Waals surface area (Å²) in [4.78, 5) is 3.92. The van der Waals surface area contributed by atoms with E-state index >= 15 is 0 Å². The fourth-order valence-electron chi connectivity index (χ4n) is 2.09. The zero-order chi connectivity index (χ0) is 13.2. The lowest BCUT2D eigenvalue weighted by Crippen LogP contribution is -2.47. The minimum Gasteiger partial charge on any atom is -0.336 e. The van der Waals surface area contributed by atoms with E-state index in [1.54, 1.807) is 10.8 Å². The SMILES string of the molecule is CCn1cnc(S(=O)(=O)NCC2(C)CCCN2)c1. The Morgan fingerprint density at radius 3 is 2.94 bits per heavy atom. The summed E-state index contributed by atoms with van der Waals surface area (Å²) in [6, 6.07) is 0. The number of hydrogen-bond donors (Lipinski definition) is 2. The van der Waals surface area contributed by atoms with Crippen molar-refractivity contribution in [2.45, 2.75) is 43.8 Å². The lowest BCUT2D eigenvalue weighted by atomic mass is 10.0. The van der Waals surface area contributed by atoms with E-state index in [2.05, 4.69) is 15.0 Å². The molecule has 1 saturated heterocycles. The third-order valence-electron chi connectivity index (χ3n) is 3.36. The van der Waals surface area contributed by atoms with Crippen LogP contribution in [0.15, 0.2) is 17.6 Å². The highest BCUT2D eigenvalue weighted by Crippen LogP contribution is 2.18. The van der Waals surface area contributed by atoms with Crippen molar-refractivity contribution in [3.05, 3.63) is 12.5 Å². The number of nitrogens with one attached hydrogen (secondary N) is 2. The zero-order valence-electron chi connectivity index (χ0n) is 10.8. The molecule has 1 aliphatic heterocycles. The molecule has 1 aromatic rings. The average Bonchev–Trinajstić information content (AvgIpc) is 2.96. The lowest BCUT2D eigenvalue weighted by Gasteiger charge is -2.24. The molecule has 7 heteroatoms. The molecule has 1 atom stereocenters. The van der Waals surface area contributed by atoms with Gasteiger partial charge < -0.3 is 9.88 Å². The van der Waals surface area contributed by atoms with Gasteiger partial charge in [-0.25, -0.2) is 18.1 Å². The molecular weight excluding hydrogens is 252 g/mol. The minimum absolute atomic E-state index is 0.0888. The second-order valence-electron chi connectivity index (χ2n) is 4.96. The third-order valence-corrected chi connectivity index (χ3v) is 4.65. The van der Waals surface area contributed by atoms with Gasteiger partial charge in [-0.3, -0.25) is 0 Å². The van der Waals surface area contributed by atoms with Gasteiger partial charge in [0.2, 0.25) is 0 Å². The Morgan fingerprint density at radius 2 is 2.39 bits per heavy atom. The molecule has 0 bridgehead atoms. The molecule has 2 N–H and O–H groups in total. The van der Waals surface area contributed by atoms with E-state index in [0.29, 0.717) is 13.1 Å². The van der Waals surface area contributed by atoms with Crippen LogP contribution in [0.4, 0.5) is 0 Å². The number of hydrogen-bond acceptors (Lipinski definition) is 4. The van der Waals surface area contributed by atoms with E-state index in [9.17, 15) is 8.42 Å². The Kier molecular flexibility index (Phi) is 3.74. The molecule has 102 valence electrons. The van der Waals surface area contributed by atoms with E-state index in [1.807, 2.05) is 13.8 Å². The van der Waals surface area contributed by atoms with Crippen LogP contribution >= 0.6 is 0 Å². The van der Waals surface area contributed by atoms with Crippen LogP contribution in [-0.2, 0) is 16.6 Å². The van der Waals surface area contributed by atoms with Crippen LogP contribution in [0.3, 0.4) is 0 Å². The summed E-state index contributed by atoms with van der Waals surface area (Å²) in [6.07, 6.45) is 5.15. The van der Waals surface area contributed by atoms with Gasteiger partial charge in [-0.15, -0.1) is 0 Å². The highest BCUT2D eigenvalue weighted by molar-refractivity contribution is 7.89. The van der Waals surface area contributed by atoms with Crippen LogP contribution in [0.1, 0.15) is 26.7 Å². The summed E-state index contributed by atoms with van der Waals surface area (Å²) < 4.78 is 28.5. The Bertz CT molecular complexity index is 503. The highest BCUT2D eigenvalue weighted by Gasteiger charge is 2.30. The molecule has 0 aromatic carbocycles. The largest absolute Gasteiger partial charge is 0.336 e. The molecule has 2 heterocycles. The summed E-state index contributed by atoms with van der Waals surface area (Å²) in [7, 11) is -3.50. The second kappa shape index (κ2) is 4.99. The molecule has 2 rings (SSSR count). The second-order valence-corrected chi connectivity index (χ2v) is 6.67. The van der Waals surface area contributed by atoms with Crippen molar-refractivity contribution in [3.8, 4) is 0 Å². The van der Waals surface area contributed by atoms with Crippen LogP contribution in [-0.4, -0.2) is 36.6 Å². The van der Waals surface area contributed by atoms with Gasteiger partial charge in [-0.2, -0.15) is 0 Å². The highest BCUT2D eigenvalue weighted by atomic mass is 32.2. The number of rotatable bonds is 5. The average molecular weight is 272 g/mol. The first-order chi connectivity index (χ1) is 8.45. The monoisotopic (exact) mass is 272 g/mol. The quantitative estimate of drug-likeness (QED) is 0.809. The van der Waals surface area contributed by atoms with Crippen LogP contribution in [0, 0.1) is 0 Å². The molecule has 0 aliphatic carbocycles. The predicted molar refractivity (Wildman–Crippen MR) is 68.7 cm³/mol. The van der Waals surface area contributed by atoms with Crippen molar-refractivity contribution in [1.82, 2.24) is 19.6 Å². The summed E-state index contributed by atoms with van der Waals surface area (Å²) in [5.74, 6) is 0. The van der Waals surface area contributed by atoms with Crippen molar-refractivity contribution < 1.29 is 8.42 Å². The van der Waals surface area contributed by atoms with Crippen molar-refractivity contribution >= 4 is 10.0 Å². The first-order valence-electron chi connectivity index (χ1n) is 6.22. The van der Waals surface area contributed by atoms with Gasteiger partial charge in [-0.05, 0) is 33.2 Å². The maximum Gasteiger partial charge on any atom is 0.259 e. The fourth-order valence-corrected chi connectivity index (χ4v) is 3.20. The number of sulfonamides is 1. The molecule has 1 fully saturated rings. The van der Waals surface area contributed by atoms with Crippen LogP contribution in [0.25, 0.3) is 0 Å². The van der Waals surface area contributed by atoms with Gasteiger partial charge in [0.25, 0.3) is 10.0 Å². The summed E-state index contributed by atoms with van der Waals surface area (Å²) >= 11 is 0. The lowest BCUT2D eigenvalue weighted by molar-refractivity contribution is 0.409. The van der Waals surface area contributed by atoms with Crippen molar-refractivity contribution in [1.29, 1.82) is 0 Å². The van der Waals surface area contributed by atoms with Crippen LogP contribution in [0.2, 0.25) is 0 Å². The molecule has 0 radical (unpaired) electrons. The zero-order valence-corrected chi connectivity index (χ0v) is 11.6. The van der Waals surface area contributed by atoms with E-state index in [4.69, 9.17) is 0 Å². The van der Waals surface area contributed by atoms with Gasteiger partial charge in [0, 0.05) is 24.8 Å². The molecular formula is C11H20N4O2S. The molecule has 1 aliphatic rings. The van der Waals surface area contributed by atoms with E-state index in [1.165, 1.54) is 6.33 Å². The first kappa shape index (κ1) is 13.5. The summed E-state index contributed by atoms with van der Waals surface area (Å²) in [6.45, 7) is 6.03. The number of nitrogens with zero attached hydrogens (tertiary/aromatic N) is 2. The van der Waals surface area contributed by atoms with Crippen molar-refractivity contribution in [2.24, 2.45) is 0 Å². The fraction of sp³-hybridized carbons (Fsp3) is 0.727. The van der Waals surface area contributed by atoms with E-state index < -0.39 is 10.0 Å². The third kappa shape index (κ3) is 2.90. The maximum absolute atomic E-state index is 12.0. The topological polar surface area (TPSA) is 76.0 Å². The standard InChI is InChI=1S/C11H20N4O2S/c1-3-15-7-10(12-9-15)18(16,17)14-8-11(2)5-4-6-13-11/h7,9,13-14H,3-6,8H2,1-2H3. The summed E-state index contributed by atoms with van der Waals surface area (Å²) in [5.41, 5.74) is -0.138. The Hall–Kier alpha value is -0.920.